The van der Waals surface area contributed by atoms with E-state index in [1.807, 2.05) is 30.3 Å². The molecule has 0 aromatic heterocycles. The molecule has 1 aliphatic rings. The summed E-state index contributed by atoms with van der Waals surface area (Å²) >= 11 is 0. The van der Waals surface area contributed by atoms with Crippen LogP contribution in [0.3, 0.4) is 0 Å². The van der Waals surface area contributed by atoms with Crippen LogP contribution in [-0.2, 0) is 6.42 Å². The zero-order chi connectivity index (χ0) is 13.8. The molecule has 0 radical (unpaired) electrons. The molecule has 0 amide bonds. The van der Waals surface area contributed by atoms with E-state index in [-0.39, 0.29) is 0 Å². The van der Waals surface area contributed by atoms with Crippen LogP contribution in [0, 0.1) is 0 Å². The first-order valence-corrected chi connectivity index (χ1v) is 7.40. The molecular weight excluding hydrogens is 246 g/mol. The number of hydrogen-bond acceptors (Lipinski definition) is 2. The van der Waals surface area contributed by atoms with Crippen molar-refractivity contribution in [3.8, 4) is 0 Å². The minimum atomic E-state index is -0.428. The smallest absolute Gasteiger partial charge is 0.0964 e. The van der Waals surface area contributed by atoms with Crippen LogP contribution < -0.4 is 4.90 Å². The van der Waals surface area contributed by atoms with Crippen molar-refractivity contribution in [3.05, 3.63) is 65.7 Å². The van der Waals surface area contributed by atoms with Crippen molar-refractivity contribution in [2.24, 2.45) is 0 Å². The first kappa shape index (κ1) is 13.2. The summed E-state index contributed by atoms with van der Waals surface area (Å²) in [5.41, 5.74) is 3.69. The Morgan fingerprint density at radius 3 is 2.55 bits per heavy atom. The lowest BCUT2D eigenvalue weighted by atomic mass is 10.1. The number of aliphatic hydroxyl groups excluding tert-OH is 1. The van der Waals surface area contributed by atoms with Gasteiger partial charge in [0.1, 0.15) is 0 Å². The Hall–Kier alpha value is -1.80. The van der Waals surface area contributed by atoms with E-state index in [0.29, 0.717) is 6.54 Å². The molecule has 1 N–H and O–H groups in total. The number of β-amino-alcohol motifs (C(OH)–C–C–N with tert-alkyl or cyclic N) is 1. The van der Waals surface area contributed by atoms with Gasteiger partial charge in [0.15, 0.2) is 0 Å². The second-order valence-electron chi connectivity index (χ2n) is 5.46. The number of rotatable bonds is 3. The lowest BCUT2D eigenvalue weighted by molar-refractivity contribution is 0.183. The van der Waals surface area contributed by atoms with E-state index in [2.05, 4.69) is 29.2 Å². The summed E-state index contributed by atoms with van der Waals surface area (Å²) in [6.07, 6.45) is 3.14. The first-order valence-electron chi connectivity index (χ1n) is 7.40. The molecule has 1 atom stereocenters. The molecule has 3 rings (SSSR count). The summed E-state index contributed by atoms with van der Waals surface area (Å²) in [5.74, 6) is 0. The molecule has 0 saturated heterocycles. The highest BCUT2D eigenvalue weighted by molar-refractivity contribution is 5.54. The predicted octanol–water partition coefficient (Wildman–Crippen LogP) is 3.56. The van der Waals surface area contributed by atoms with Gasteiger partial charge in [-0.15, -0.1) is 0 Å². The van der Waals surface area contributed by atoms with Crippen molar-refractivity contribution in [1.82, 2.24) is 0 Å². The van der Waals surface area contributed by atoms with Crippen molar-refractivity contribution in [3.63, 3.8) is 0 Å². The van der Waals surface area contributed by atoms with Gasteiger partial charge in [0.2, 0.25) is 0 Å². The van der Waals surface area contributed by atoms with E-state index in [1.165, 1.54) is 24.1 Å². The molecule has 1 unspecified atom stereocenters. The lowest BCUT2D eigenvalue weighted by Crippen LogP contribution is -2.29. The highest BCUT2D eigenvalue weighted by Gasteiger charge is 2.18. The molecule has 2 nitrogen and oxygen atoms in total. The van der Waals surface area contributed by atoms with E-state index < -0.39 is 6.10 Å². The molecule has 0 aliphatic carbocycles. The van der Waals surface area contributed by atoms with E-state index in [9.17, 15) is 5.11 Å². The molecule has 2 heteroatoms. The van der Waals surface area contributed by atoms with Crippen LogP contribution in [0.1, 0.15) is 30.1 Å². The fraction of sp³-hybridized carbons (Fsp3) is 0.333. The average Bonchev–Trinajstić information content (AvgIpc) is 2.71. The Balaban J connectivity index is 1.80. The van der Waals surface area contributed by atoms with Gasteiger partial charge in [0.25, 0.3) is 0 Å². The molecule has 0 bridgehead atoms. The molecule has 1 aliphatic heterocycles. The van der Waals surface area contributed by atoms with Crippen molar-refractivity contribution < 1.29 is 5.11 Å². The third-order valence-corrected chi connectivity index (χ3v) is 4.03. The van der Waals surface area contributed by atoms with Crippen molar-refractivity contribution in [1.29, 1.82) is 0 Å². The molecule has 0 spiro atoms. The maximum atomic E-state index is 10.4. The fourth-order valence-corrected chi connectivity index (χ4v) is 2.95. The van der Waals surface area contributed by atoms with Gasteiger partial charge >= 0.3 is 0 Å². The van der Waals surface area contributed by atoms with E-state index in [0.717, 1.165) is 18.5 Å². The fourth-order valence-electron chi connectivity index (χ4n) is 2.95. The van der Waals surface area contributed by atoms with Gasteiger partial charge < -0.3 is 10.0 Å². The van der Waals surface area contributed by atoms with Gasteiger partial charge in [-0.05, 0) is 36.5 Å². The number of aryl methyl sites for hydroxylation is 1. The van der Waals surface area contributed by atoms with Crippen LogP contribution in [0.5, 0.6) is 0 Å². The zero-order valence-electron chi connectivity index (χ0n) is 11.7. The third kappa shape index (κ3) is 2.86. The van der Waals surface area contributed by atoms with Crippen molar-refractivity contribution >= 4 is 5.69 Å². The summed E-state index contributed by atoms with van der Waals surface area (Å²) in [4.78, 5) is 2.33. The van der Waals surface area contributed by atoms with Crippen LogP contribution >= 0.6 is 0 Å². The van der Waals surface area contributed by atoms with E-state index in [1.54, 1.807) is 0 Å². The average molecular weight is 267 g/mol. The van der Waals surface area contributed by atoms with Crippen molar-refractivity contribution in [2.45, 2.75) is 25.4 Å². The molecule has 104 valence electrons. The van der Waals surface area contributed by atoms with Gasteiger partial charge in [-0.25, -0.2) is 0 Å². The molecule has 1 heterocycles. The number of benzene rings is 2. The number of anilines is 1. The molecule has 0 saturated carbocycles. The topological polar surface area (TPSA) is 23.5 Å². The van der Waals surface area contributed by atoms with Gasteiger partial charge in [-0.3, -0.25) is 0 Å². The number of nitrogens with zero attached hydrogens (tertiary/aromatic N) is 1. The van der Waals surface area contributed by atoms with Crippen molar-refractivity contribution in [2.75, 3.05) is 18.0 Å². The second kappa shape index (κ2) is 6.10. The minimum Gasteiger partial charge on any atom is -0.387 e. The summed E-state index contributed by atoms with van der Waals surface area (Å²) in [5, 5.41) is 10.4. The second-order valence-corrected chi connectivity index (χ2v) is 5.46. The highest BCUT2D eigenvalue weighted by atomic mass is 16.3. The van der Waals surface area contributed by atoms with Crippen LogP contribution in [0.2, 0.25) is 0 Å². The van der Waals surface area contributed by atoms with Gasteiger partial charge in [0, 0.05) is 18.8 Å². The predicted molar refractivity (Wildman–Crippen MR) is 83.0 cm³/mol. The summed E-state index contributed by atoms with van der Waals surface area (Å²) in [6, 6.07) is 18.5. The summed E-state index contributed by atoms with van der Waals surface area (Å²) in [6.45, 7) is 1.70. The normalized spacial score (nSPS) is 16.4. The molecular formula is C18H21NO. The number of hydrogen-bond donors (Lipinski definition) is 1. The Kier molecular flexibility index (Phi) is 4.03. The monoisotopic (exact) mass is 267 g/mol. The van der Waals surface area contributed by atoms with E-state index in [4.69, 9.17) is 0 Å². The first-order chi connectivity index (χ1) is 9.84. The largest absolute Gasteiger partial charge is 0.387 e. The lowest BCUT2D eigenvalue weighted by Gasteiger charge is -2.27. The van der Waals surface area contributed by atoms with Crippen LogP contribution in [0.15, 0.2) is 54.6 Å². The van der Waals surface area contributed by atoms with Gasteiger partial charge in [-0.1, -0.05) is 48.5 Å². The quantitative estimate of drug-likeness (QED) is 0.919. The Bertz CT molecular complexity index is 552. The molecule has 2 aromatic rings. The SMILES string of the molecule is OC(CN1CCCCc2ccccc21)c1ccccc1. The maximum Gasteiger partial charge on any atom is 0.0964 e. The Morgan fingerprint density at radius 1 is 0.950 bits per heavy atom. The number of para-hydroxylation sites is 1. The summed E-state index contributed by atoms with van der Waals surface area (Å²) in [7, 11) is 0. The Morgan fingerprint density at radius 2 is 1.70 bits per heavy atom. The highest BCUT2D eigenvalue weighted by Crippen LogP contribution is 2.27. The van der Waals surface area contributed by atoms with E-state index >= 15 is 0 Å². The molecule has 2 aromatic carbocycles. The molecule has 20 heavy (non-hydrogen) atoms. The van der Waals surface area contributed by atoms with Gasteiger partial charge in [0.05, 0.1) is 6.10 Å². The van der Waals surface area contributed by atoms with Gasteiger partial charge in [-0.2, -0.15) is 0 Å². The molecule has 0 fully saturated rings. The maximum absolute atomic E-state index is 10.4. The summed E-state index contributed by atoms with van der Waals surface area (Å²) < 4.78 is 0. The minimum absolute atomic E-state index is 0.428. The zero-order valence-corrected chi connectivity index (χ0v) is 11.7. The van der Waals surface area contributed by atoms with Crippen LogP contribution in [0.25, 0.3) is 0 Å². The van der Waals surface area contributed by atoms with Crippen LogP contribution in [-0.4, -0.2) is 18.2 Å². The van der Waals surface area contributed by atoms with Crippen LogP contribution in [0.4, 0.5) is 5.69 Å². The number of aliphatic hydroxyl groups is 1. The third-order valence-electron chi connectivity index (χ3n) is 4.03. The standard InChI is InChI=1S/C18H21NO/c20-18(16-10-2-1-3-11-16)14-19-13-7-6-9-15-8-4-5-12-17(15)19/h1-5,8,10-12,18,20H,6-7,9,13-14H2. The Labute approximate surface area is 120 Å². The number of fused-ring (bicyclic) bond motifs is 1.